The van der Waals surface area contributed by atoms with Crippen molar-refractivity contribution in [2.45, 2.75) is 13.3 Å². The maximum absolute atomic E-state index is 11.0. The Labute approximate surface area is 139 Å². The Kier molecular flexibility index (Phi) is 16.7. The van der Waals surface area contributed by atoms with Gasteiger partial charge in [-0.3, -0.25) is 0 Å². The van der Waals surface area contributed by atoms with Crippen LogP contribution in [0.1, 0.15) is 13.3 Å². The van der Waals surface area contributed by atoms with Crippen LogP contribution < -0.4 is 0 Å². The maximum atomic E-state index is 11.0. The minimum absolute atomic E-state index is 0. The van der Waals surface area contributed by atoms with Crippen LogP contribution in [0.4, 0.5) is 0 Å². The molecule has 0 saturated heterocycles. The van der Waals surface area contributed by atoms with Gasteiger partial charge in [-0.25, -0.2) is 0 Å². The quantitative estimate of drug-likeness (QED) is 0.485. The van der Waals surface area contributed by atoms with Crippen LogP contribution in [0.25, 0.3) is 5.32 Å². The summed E-state index contributed by atoms with van der Waals surface area (Å²) >= 11 is -1.48. The Balaban J connectivity index is 0. The molecule has 0 spiro atoms. The van der Waals surface area contributed by atoms with E-state index in [4.69, 9.17) is 0 Å². The first-order valence-corrected chi connectivity index (χ1v) is 8.37. The van der Waals surface area contributed by atoms with Crippen molar-refractivity contribution in [3.63, 3.8) is 0 Å². The molecule has 0 aromatic rings. The summed E-state index contributed by atoms with van der Waals surface area (Å²) in [6.45, 7) is 7.02. The SMILES string of the molecule is CCN(C)CCCN(C)C[C](C[N-]C)=[W]=[O].[Y]. The standard InChI is InChI=1S/C11H24N3.O.W.Y/c1-5-13(3)10-7-11-14(4)9-6-8-12-2;;;/h5,7-11H2,1-4H3;;;/q-1;;;. The average Bonchev–Trinajstić information content (AvgIpc) is 2.28. The van der Waals surface area contributed by atoms with Crippen molar-refractivity contribution >= 4 is 3.90 Å². The summed E-state index contributed by atoms with van der Waals surface area (Å²) < 4.78 is 12.2. The van der Waals surface area contributed by atoms with Gasteiger partial charge in [0.05, 0.1) is 0 Å². The zero-order valence-electron chi connectivity index (χ0n) is 11.5. The fourth-order valence-corrected chi connectivity index (χ4v) is 3.06. The molecule has 0 amide bonds. The summed E-state index contributed by atoms with van der Waals surface area (Å²) in [5, 5.41) is 4.05. The third kappa shape index (κ3) is 12.1. The van der Waals surface area contributed by atoms with Gasteiger partial charge in [0, 0.05) is 32.7 Å². The van der Waals surface area contributed by atoms with Gasteiger partial charge in [0.15, 0.2) is 0 Å². The first kappa shape index (κ1) is 20.7. The summed E-state index contributed by atoms with van der Waals surface area (Å²) in [5.74, 6) is 0. The van der Waals surface area contributed by atoms with E-state index < -0.39 is 18.1 Å². The van der Waals surface area contributed by atoms with Crippen molar-refractivity contribution in [1.29, 1.82) is 0 Å². The van der Waals surface area contributed by atoms with Crippen LogP contribution in [0, 0.1) is 0 Å². The molecule has 0 heterocycles. The topological polar surface area (TPSA) is 37.7 Å². The van der Waals surface area contributed by atoms with Crippen molar-refractivity contribution in [1.82, 2.24) is 9.80 Å². The molecule has 0 aromatic carbocycles. The van der Waals surface area contributed by atoms with Crippen molar-refractivity contribution in [2.24, 2.45) is 0 Å². The number of rotatable bonds is 9. The fraction of sp³-hybridized carbons (Fsp3) is 0.909. The predicted molar refractivity (Wildman–Crippen MR) is 65.1 cm³/mol. The first-order valence-electron chi connectivity index (χ1n) is 5.71. The number of hydrogen-bond donors (Lipinski definition) is 0. The maximum Gasteiger partial charge on any atom is 0 e. The molecule has 0 unspecified atom stereocenters. The van der Waals surface area contributed by atoms with Crippen LogP contribution in [-0.4, -0.2) is 67.6 Å². The summed E-state index contributed by atoms with van der Waals surface area (Å²) in [7, 11) is 6.01. The molecule has 0 aliphatic heterocycles. The van der Waals surface area contributed by atoms with Gasteiger partial charge in [0.25, 0.3) is 0 Å². The van der Waals surface area contributed by atoms with Crippen molar-refractivity contribution < 1.29 is 54.2 Å². The van der Waals surface area contributed by atoms with E-state index in [2.05, 4.69) is 36.1 Å². The van der Waals surface area contributed by atoms with Crippen LogP contribution in [0.15, 0.2) is 0 Å². The smallest absolute Gasteiger partial charge is 0 e. The molecular formula is C11H24N3OWY-. The van der Waals surface area contributed by atoms with Crippen molar-refractivity contribution in [2.75, 3.05) is 53.9 Å². The molecule has 99 valence electrons. The Hall–Kier alpha value is 1.34. The van der Waals surface area contributed by atoms with Gasteiger partial charge in [-0.05, 0) is 0 Å². The van der Waals surface area contributed by atoms with Gasteiger partial charge in [-0.15, -0.1) is 0 Å². The molecule has 0 aliphatic carbocycles. The number of hydrogen-bond acceptors (Lipinski definition) is 3. The van der Waals surface area contributed by atoms with Crippen LogP contribution in [0.3, 0.4) is 0 Å². The second kappa shape index (κ2) is 13.8. The molecule has 0 saturated carbocycles. The van der Waals surface area contributed by atoms with Gasteiger partial charge in [0.2, 0.25) is 0 Å². The third-order valence-electron chi connectivity index (χ3n) is 2.52. The molecule has 0 N–H and O–H groups in total. The molecule has 0 atom stereocenters. The fourth-order valence-electron chi connectivity index (χ4n) is 1.43. The van der Waals surface area contributed by atoms with E-state index in [1.807, 2.05) is 0 Å². The van der Waals surface area contributed by atoms with E-state index in [1.54, 1.807) is 7.05 Å². The number of nitrogens with zero attached hydrogens (tertiary/aromatic N) is 3. The minimum atomic E-state index is -1.48. The van der Waals surface area contributed by atoms with E-state index in [0.717, 1.165) is 30.1 Å². The zero-order chi connectivity index (χ0) is 12.4. The van der Waals surface area contributed by atoms with Crippen LogP contribution in [0.5, 0.6) is 0 Å². The van der Waals surface area contributed by atoms with E-state index >= 15 is 0 Å². The van der Waals surface area contributed by atoms with Gasteiger partial charge < -0.3 is 0 Å². The molecule has 0 fully saturated rings. The third-order valence-corrected chi connectivity index (χ3v) is 4.29. The summed E-state index contributed by atoms with van der Waals surface area (Å²) in [6.07, 6.45) is 1.17. The Bertz CT molecular complexity index is 235. The molecule has 1 radical (unpaired) electrons. The van der Waals surface area contributed by atoms with Gasteiger partial charge in [0.1, 0.15) is 0 Å². The van der Waals surface area contributed by atoms with E-state index in [-0.39, 0.29) is 32.7 Å². The average molecular weight is 487 g/mol. The van der Waals surface area contributed by atoms with Crippen LogP contribution in [0.2, 0.25) is 0 Å². The molecule has 0 bridgehead atoms. The van der Waals surface area contributed by atoms with Crippen LogP contribution >= 0.6 is 0 Å². The monoisotopic (exact) mass is 487 g/mol. The van der Waals surface area contributed by atoms with E-state index in [1.165, 1.54) is 6.42 Å². The van der Waals surface area contributed by atoms with Crippen molar-refractivity contribution in [3.05, 3.63) is 5.32 Å². The second-order valence-electron chi connectivity index (χ2n) is 4.08. The Morgan fingerprint density at radius 1 is 1.24 bits per heavy atom. The molecule has 4 nitrogen and oxygen atoms in total. The predicted octanol–water partition coefficient (Wildman–Crippen LogP) is 0.861. The molecule has 0 aliphatic rings. The largest absolute Gasteiger partial charge is 0 e. The van der Waals surface area contributed by atoms with Crippen molar-refractivity contribution in [3.8, 4) is 0 Å². The van der Waals surface area contributed by atoms with E-state index in [0.29, 0.717) is 6.54 Å². The van der Waals surface area contributed by atoms with E-state index in [9.17, 15) is 3.40 Å². The Morgan fingerprint density at radius 3 is 2.29 bits per heavy atom. The normalized spacial score (nSPS) is 10.5. The Morgan fingerprint density at radius 2 is 1.82 bits per heavy atom. The molecule has 17 heavy (non-hydrogen) atoms. The van der Waals surface area contributed by atoms with Gasteiger partial charge in [-0.2, -0.15) is 0 Å². The summed E-state index contributed by atoms with van der Waals surface area (Å²) in [6, 6.07) is 0. The minimum Gasteiger partial charge on any atom is 0 e. The van der Waals surface area contributed by atoms with Crippen LogP contribution in [-0.2, 0) is 54.2 Å². The second-order valence-corrected chi connectivity index (χ2v) is 6.76. The zero-order valence-corrected chi connectivity index (χ0v) is 17.2. The summed E-state index contributed by atoms with van der Waals surface area (Å²) in [4.78, 5) is 4.56. The first-order chi connectivity index (χ1) is 7.63. The van der Waals surface area contributed by atoms with Gasteiger partial charge in [-0.1, -0.05) is 0 Å². The molecule has 6 heteroatoms. The molecule has 0 aromatic heterocycles. The molecular weight excluding hydrogens is 463 g/mol. The summed E-state index contributed by atoms with van der Waals surface area (Å²) in [5.41, 5.74) is 0. The van der Waals surface area contributed by atoms with Gasteiger partial charge >= 0.3 is 108 Å². The molecule has 0 rings (SSSR count).